The Labute approximate surface area is 179 Å². The van der Waals surface area contributed by atoms with Crippen molar-refractivity contribution in [2.45, 2.75) is 13.8 Å². The first-order chi connectivity index (χ1) is 15.1. The minimum atomic E-state index is 0.635. The summed E-state index contributed by atoms with van der Waals surface area (Å²) in [6.45, 7) is 4.39. The number of hydrogen-bond donors (Lipinski definition) is 0. The molecule has 0 aliphatic carbocycles. The second-order valence-corrected chi connectivity index (χ2v) is 8.11. The fraction of sp³-hybridized carbons (Fsp3) is 0.0714. The van der Waals surface area contributed by atoms with Crippen LogP contribution in [0.15, 0.2) is 66.7 Å². The number of nitriles is 2. The second kappa shape index (κ2) is 6.08. The van der Waals surface area contributed by atoms with Gasteiger partial charge in [0.1, 0.15) is 0 Å². The Morgan fingerprint density at radius 3 is 1.68 bits per heavy atom. The summed E-state index contributed by atoms with van der Waals surface area (Å²) in [4.78, 5) is 0. The maximum Gasteiger partial charge on any atom is 0.0992 e. The van der Waals surface area contributed by atoms with Crippen molar-refractivity contribution >= 4 is 38.1 Å². The summed E-state index contributed by atoms with van der Waals surface area (Å²) in [6.07, 6.45) is 0. The zero-order chi connectivity index (χ0) is 21.3. The molecule has 31 heavy (non-hydrogen) atoms. The van der Waals surface area contributed by atoms with Crippen LogP contribution in [0.3, 0.4) is 0 Å². The van der Waals surface area contributed by atoms with Gasteiger partial charge in [-0.2, -0.15) is 10.5 Å². The molecule has 2 aromatic heterocycles. The van der Waals surface area contributed by atoms with E-state index in [-0.39, 0.29) is 0 Å². The molecule has 0 aliphatic rings. The monoisotopic (exact) mass is 395 g/mol. The molecular weight excluding hydrogens is 378 g/mol. The number of aryl methyl sites for hydroxylation is 2. The van der Waals surface area contributed by atoms with Gasteiger partial charge in [-0.1, -0.05) is 42.5 Å². The first-order valence-electron chi connectivity index (χ1n) is 10.3. The number of benzene rings is 4. The van der Waals surface area contributed by atoms with Crippen LogP contribution in [0.5, 0.6) is 0 Å². The summed E-state index contributed by atoms with van der Waals surface area (Å²) >= 11 is 0. The Morgan fingerprint density at radius 1 is 0.677 bits per heavy atom. The molecule has 0 atom stereocenters. The minimum absolute atomic E-state index is 0.635. The molecule has 6 aromatic rings. The number of hydrogen-bond acceptors (Lipinski definition) is 2. The largest absolute Gasteiger partial charge is 0.308 e. The SMILES string of the molecule is Cc1c(-c2ccccc2)c(C)c2c3ccc(C#N)cc3n3c4cc(C#N)ccc4c1c23. The molecule has 6 rings (SSSR count). The standard InChI is InChI=1S/C28H17N3/c1-16-25(20-6-4-3-5-7-20)17(2)27-22-11-9-19(15-30)13-24(22)31-23-12-18(14-29)8-10-21(23)26(16)28(27)31/h3-13H,1-2H3. The van der Waals surface area contributed by atoms with Crippen LogP contribution in [0, 0.1) is 36.5 Å². The smallest absolute Gasteiger partial charge is 0.0992 e. The highest BCUT2D eigenvalue weighted by Crippen LogP contribution is 2.46. The summed E-state index contributed by atoms with van der Waals surface area (Å²) < 4.78 is 2.24. The average molecular weight is 395 g/mol. The lowest BCUT2D eigenvalue weighted by atomic mass is 9.89. The average Bonchev–Trinajstić information content (AvgIpc) is 3.31. The highest BCUT2D eigenvalue weighted by atomic mass is 14.9. The van der Waals surface area contributed by atoms with Crippen molar-refractivity contribution in [1.82, 2.24) is 4.40 Å². The van der Waals surface area contributed by atoms with E-state index in [0.717, 1.165) is 21.8 Å². The van der Waals surface area contributed by atoms with E-state index >= 15 is 0 Å². The van der Waals surface area contributed by atoms with Gasteiger partial charge in [-0.15, -0.1) is 0 Å². The fourth-order valence-corrected chi connectivity index (χ4v) is 5.30. The predicted molar refractivity (Wildman–Crippen MR) is 125 cm³/mol. The van der Waals surface area contributed by atoms with Crippen LogP contribution >= 0.6 is 0 Å². The molecule has 0 bridgehead atoms. The molecule has 4 aromatic carbocycles. The molecule has 0 saturated heterocycles. The van der Waals surface area contributed by atoms with Crippen LogP contribution in [0.25, 0.3) is 49.2 Å². The maximum absolute atomic E-state index is 9.52. The van der Waals surface area contributed by atoms with Crippen LogP contribution < -0.4 is 0 Å². The fourth-order valence-electron chi connectivity index (χ4n) is 5.30. The highest BCUT2D eigenvalue weighted by Gasteiger charge is 2.24. The van der Waals surface area contributed by atoms with Crippen molar-refractivity contribution in [3.05, 3.63) is 89.0 Å². The molecule has 2 heterocycles. The molecule has 3 nitrogen and oxygen atoms in total. The third kappa shape index (κ3) is 2.15. The van der Waals surface area contributed by atoms with E-state index in [0.29, 0.717) is 11.1 Å². The lowest BCUT2D eigenvalue weighted by molar-refractivity contribution is 1.35. The summed E-state index contributed by atoms with van der Waals surface area (Å²) in [5.74, 6) is 0. The van der Waals surface area contributed by atoms with Crippen LogP contribution in [0.2, 0.25) is 0 Å². The van der Waals surface area contributed by atoms with E-state index in [1.165, 1.54) is 38.5 Å². The number of aromatic nitrogens is 1. The quantitative estimate of drug-likeness (QED) is 0.305. The molecule has 3 heteroatoms. The molecule has 144 valence electrons. The van der Waals surface area contributed by atoms with Crippen LogP contribution in [-0.4, -0.2) is 4.40 Å². The molecule has 0 saturated carbocycles. The summed E-state index contributed by atoms with van der Waals surface area (Å²) in [5.41, 5.74) is 9.40. The van der Waals surface area contributed by atoms with Crippen molar-refractivity contribution in [1.29, 1.82) is 10.5 Å². The third-order valence-corrected chi connectivity index (χ3v) is 6.53. The van der Waals surface area contributed by atoms with Crippen LogP contribution in [0.4, 0.5) is 0 Å². The molecule has 0 N–H and O–H groups in total. The van der Waals surface area contributed by atoms with Crippen molar-refractivity contribution in [3.63, 3.8) is 0 Å². The van der Waals surface area contributed by atoms with Crippen molar-refractivity contribution in [3.8, 4) is 23.3 Å². The zero-order valence-corrected chi connectivity index (χ0v) is 17.2. The van der Waals surface area contributed by atoms with Crippen molar-refractivity contribution in [2.75, 3.05) is 0 Å². The first-order valence-corrected chi connectivity index (χ1v) is 10.3. The second-order valence-electron chi connectivity index (χ2n) is 8.11. The molecule has 0 fully saturated rings. The Bertz CT molecular complexity index is 1650. The Morgan fingerprint density at radius 2 is 1.19 bits per heavy atom. The Balaban J connectivity index is 1.97. The summed E-state index contributed by atoms with van der Waals surface area (Å²) in [5, 5.41) is 23.7. The minimum Gasteiger partial charge on any atom is -0.308 e. The van der Waals surface area contributed by atoms with E-state index in [1.54, 1.807) is 0 Å². The molecule has 0 amide bonds. The molecule has 0 spiro atoms. The van der Waals surface area contributed by atoms with Gasteiger partial charge >= 0.3 is 0 Å². The Hall–Kier alpha value is -4.34. The van der Waals surface area contributed by atoms with Gasteiger partial charge in [0.2, 0.25) is 0 Å². The van der Waals surface area contributed by atoms with Gasteiger partial charge in [-0.05, 0) is 60.4 Å². The van der Waals surface area contributed by atoms with Crippen molar-refractivity contribution in [2.24, 2.45) is 0 Å². The predicted octanol–water partition coefficient (Wildman–Crippen LogP) is 6.86. The summed E-state index contributed by atoms with van der Waals surface area (Å²) in [6, 6.07) is 26.9. The zero-order valence-electron chi connectivity index (χ0n) is 17.2. The van der Waals surface area contributed by atoms with Gasteiger partial charge in [-0.3, -0.25) is 0 Å². The number of fused-ring (bicyclic) bond motifs is 6. The van der Waals surface area contributed by atoms with Gasteiger partial charge in [-0.25, -0.2) is 0 Å². The van der Waals surface area contributed by atoms with Gasteiger partial charge in [0.15, 0.2) is 0 Å². The lowest BCUT2D eigenvalue weighted by Gasteiger charge is -2.14. The van der Waals surface area contributed by atoms with E-state index in [9.17, 15) is 10.5 Å². The molecular formula is C28H17N3. The maximum atomic E-state index is 9.52. The van der Waals surface area contributed by atoms with E-state index in [1.807, 2.05) is 30.3 Å². The van der Waals surface area contributed by atoms with Gasteiger partial charge in [0.05, 0.1) is 39.8 Å². The molecule has 0 radical (unpaired) electrons. The van der Waals surface area contributed by atoms with Gasteiger partial charge in [0.25, 0.3) is 0 Å². The number of nitrogens with zero attached hydrogens (tertiary/aromatic N) is 3. The molecule has 0 aliphatic heterocycles. The van der Waals surface area contributed by atoms with Gasteiger partial charge < -0.3 is 4.40 Å². The lowest BCUT2D eigenvalue weighted by Crippen LogP contribution is -1.91. The van der Waals surface area contributed by atoms with E-state index < -0.39 is 0 Å². The molecule has 0 unspecified atom stereocenters. The van der Waals surface area contributed by atoms with Gasteiger partial charge in [0, 0.05) is 21.5 Å². The van der Waals surface area contributed by atoms with Crippen LogP contribution in [0.1, 0.15) is 22.3 Å². The summed E-state index contributed by atoms with van der Waals surface area (Å²) in [7, 11) is 0. The Kier molecular flexibility index (Phi) is 3.43. The topological polar surface area (TPSA) is 52.0 Å². The third-order valence-electron chi connectivity index (χ3n) is 6.53. The normalized spacial score (nSPS) is 11.5. The first kappa shape index (κ1) is 17.5. The van der Waals surface area contributed by atoms with E-state index in [4.69, 9.17) is 0 Å². The van der Waals surface area contributed by atoms with Crippen molar-refractivity contribution < 1.29 is 0 Å². The number of rotatable bonds is 1. The van der Waals surface area contributed by atoms with Crippen LogP contribution in [-0.2, 0) is 0 Å². The highest BCUT2D eigenvalue weighted by molar-refractivity contribution is 6.27. The van der Waals surface area contributed by atoms with E-state index in [2.05, 4.69) is 66.8 Å².